The molecule has 1 heterocycles. The van der Waals surface area contributed by atoms with Gasteiger partial charge in [-0.25, -0.2) is 0 Å². The average molecular weight is 284 g/mol. The molecule has 0 aliphatic carbocycles. The third-order valence-corrected chi connectivity index (χ3v) is 3.41. The number of benzene rings is 1. The number of aromatic nitrogens is 2. The third-order valence-electron chi connectivity index (χ3n) is 2.01. The van der Waals surface area contributed by atoms with E-state index in [1.54, 1.807) is 0 Å². The summed E-state index contributed by atoms with van der Waals surface area (Å²) in [5, 5.41) is 8.96. The topological polar surface area (TPSA) is 29.0 Å². The van der Waals surface area contributed by atoms with Gasteiger partial charge in [0.05, 0.1) is 0 Å². The van der Waals surface area contributed by atoms with Gasteiger partial charge in [0.1, 0.15) is 5.01 Å². The van der Waals surface area contributed by atoms with Crippen molar-refractivity contribution >= 4 is 33.0 Å². The minimum Gasteiger partial charge on any atom is -0.378 e. The van der Waals surface area contributed by atoms with Crippen LogP contribution in [0.4, 0.5) is 5.69 Å². The first-order valence-electron chi connectivity index (χ1n) is 4.43. The van der Waals surface area contributed by atoms with E-state index in [1.165, 1.54) is 17.0 Å². The Kier molecular flexibility index (Phi) is 3.02. The number of anilines is 1. The van der Waals surface area contributed by atoms with Crippen LogP contribution in [0.1, 0.15) is 0 Å². The Balaban J connectivity index is 2.41. The highest BCUT2D eigenvalue weighted by Crippen LogP contribution is 2.28. The van der Waals surface area contributed by atoms with Crippen molar-refractivity contribution in [3.63, 3.8) is 0 Å². The van der Waals surface area contributed by atoms with Crippen molar-refractivity contribution in [1.29, 1.82) is 0 Å². The van der Waals surface area contributed by atoms with E-state index in [2.05, 4.69) is 43.2 Å². The molecule has 2 aromatic rings. The summed E-state index contributed by atoms with van der Waals surface area (Å²) in [6, 6.07) is 8.24. The monoisotopic (exact) mass is 283 g/mol. The molecule has 0 radical (unpaired) electrons. The van der Waals surface area contributed by atoms with Crippen LogP contribution in [-0.4, -0.2) is 24.3 Å². The van der Waals surface area contributed by atoms with E-state index in [0.29, 0.717) is 0 Å². The molecule has 15 heavy (non-hydrogen) atoms. The second-order valence-corrected chi connectivity index (χ2v) is 5.56. The highest BCUT2D eigenvalue weighted by atomic mass is 79.9. The number of hydrogen-bond acceptors (Lipinski definition) is 4. The zero-order chi connectivity index (χ0) is 10.8. The highest BCUT2D eigenvalue weighted by Gasteiger charge is 2.05. The van der Waals surface area contributed by atoms with Gasteiger partial charge >= 0.3 is 0 Å². The second kappa shape index (κ2) is 4.28. The number of hydrogen-bond donors (Lipinski definition) is 0. The smallest absolute Gasteiger partial charge is 0.183 e. The van der Waals surface area contributed by atoms with E-state index in [1.807, 2.05) is 26.2 Å². The minimum atomic E-state index is 0.813. The van der Waals surface area contributed by atoms with Crippen LogP contribution in [0.5, 0.6) is 0 Å². The van der Waals surface area contributed by atoms with E-state index in [-0.39, 0.29) is 0 Å². The van der Waals surface area contributed by atoms with Crippen LogP contribution in [0, 0.1) is 0 Å². The molecule has 0 saturated carbocycles. The molecular weight excluding hydrogens is 274 g/mol. The van der Waals surface area contributed by atoms with Crippen molar-refractivity contribution in [2.24, 2.45) is 0 Å². The van der Waals surface area contributed by atoms with Gasteiger partial charge in [-0.3, -0.25) is 0 Å². The standard InChI is InChI=1S/C10H10BrN3S/c1-14(2)8-5-3-4-7(6-8)9-12-13-10(11)15-9/h3-6H,1-2H3. The fourth-order valence-electron chi connectivity index (χ4n) is 1.24. The third kappa shape index (κ3) is 2.35. The normalized spacial score (nSPS) is 10.3. The Morgan fingerprint density at radius 3 is 2.67 bits per heavy atom. The quantitative estimate of drug-likeness (QED) is 0.848. The van der Waals surface area contributed by atoms with Crippen molar-refractivity contribution in [3.8, 4) is 10.6 Å². The van der Waals surface area contributed by atoms with Gasteiger partial charge in [-0.2, -0.15) is 0 Å². The van der Waals surface area contributed by atoms with E-state index < -0.39 is 0 Å². The first-order valence-corrected chi connectivity index (χ1v) is 6.04. The van der Waals surface area contributed by atoms with Crippen LogP contribution in [0.3, 0.4) is 0 Å². The lowest BCUT2D eigenvalue weighted by molar-refractivity contribution is 1.07. The first kappa shape index (κ1) is 10.6. The van der Waals surface area contributed by atoms with Gasteiger partial charge in [0.25, 0.3) is 0 Å². The fourth-order valence-corrected chi connectivity index (χ4v) is 2.35. The van der Waals surface area contributed by atoms with E-state index in [0.717, 1.165) is 14.5 Å². The van der Waals surface area contributed by atoms with Gasteiger partial charge < -0.3 is 4.90 Å². The molecule has 0 atom stereocenters. The Bertz CT molecular complexity index is 467. The van der Waals surface area contributed by atoms with E-state index in [9.17, 15) is 0 Å². The van der Waals surface area contributed by atoms with Crippen LogP contribution >= 0.6 is 27.3 Å². The van der Waals surface area contributed by atoms with E-state index in [4.69, 9.17) is 0 Å². The molecule has 78 valence electrons. The Hall–Kier alpha value is -0.940. The van der Waals surface area contributed by atoms with Gasteiger partial charge in [0.2, 0.25) is 0 Å². The van der Waals surface area contributed by atoms with Crippen molar-refractivity contribution in [2.75, 3.05) is 19.0 Å². The molecule has 0 spiro atoms. The van der Waals surface area contributed by atoms with Crippen molar-refractivity contribution in [1.82, 2.24) is 10.2 Å². The average Bonchev–Trinajstić information content (AvgIpc) is 2.65. The molecule has 0 aliphatic rings. The number of halogens is 1. The lowest BCUT2D eigenvalue weighted by Crippen LogP contribution is -2.08. The molecule has 5 heteroatoms. The summed E-state index contributed by atoms with van der Waals surface area (Å²) in [5.74, 6) is 0. The van der Waals surface area contributed by atoms with E-state index >= 15 is 0 Å². The van der Waals surface area contributed by atoms with Crippen molar-refractivity contribution in [3.05, 3.63) is 28.2 Å². The molecular formula is C10H10BrN3S. The molecule has 3 nitrogen and oxygen atoms in total. The van der Waals surface area contributed by atoms with Crippen LogP contribution in [-0.2, 0) is 0 Å². The van der Waals surface area contributed by atoms with Gasteiger partial charge in [-0.05, 0) is 28.1 Å². The molecule has 1 aromatic heterocycles. The second-order valence-electron chi connectivity index (χ2n) is 3.30. The predicted octanol–water partition coefficient (Wildman–Crippen LogP) is 3.03. The van der Waals surface area contributed by atoms with Crippen LogP contribution < -0.4 is 4.90 Å². The van der Waals surface area contributed by atoms with Gasteiger partial charge in [-0.15, -0.1) is 10.2 Å². The summed E-state index contributed by atoms with van der Waals surface area (Å²) >= 11 is 4.85. The summed E-state index contributed by atoms with van der Waals surface area (Å²) in [5.41, 5.74) is 2.27. The lowest BCUT2D eigenvalue weighted by atomic mass is 10.2. The summed E-state index contributed by atoms with van der Waals surface area (Å²) in [4.78, 5) is 2.07. The predicted molar refractivity (Wildman–Crippen MR) is 67.4 cm³/mol. The number of nitrogens with zero attached hydrogens (tertiary/aromatic N) is 3. The fraction of sp³-hybridized carbons (Fsp3) is 0.200. The van der Waals surface area contributed by atoms with Gasteiger partial charge in [0, 0.05) is 25.3 Å². The maximum absolute atomic E-state index is 4.09. The van der Waals surface area contributed by atoms with Crippen LogP contribution in [0.2, 0.25) is 0 Å². The molecule has 2 rings (SSSR count). The molecule has 0 unspecified atom stereocenters. The van der Waals surface area contributed by atoms with Crippen LogP contribution in [0.15, 0.2) is 28.2 Å². The van der Waals surface area contributed by atoms with Gasteiger partial charge in [-0.1, -0.05) is 23.5 Å². The van der Waals surface area contributed by atoms with Gasteiger partial charge in [0.15, 0.2) is 3.92 Å². The Morgan fingerprint density at radius 1 is 1.27 bits per heavy atom. The minimum absolute atomic E-state index is 0.813. The lowest BCUT2D eigenvalue weighted by Gasteiger charge is -2.12. The largest absolute Gasteiger partial charge is 0.378 e. The molecule has 0 saturated heterocycles. The summed E-state index contributed by atoms with van der Waals surface area (Å²) in [6.07, 6.45) is 0. The van der Waals surface area contributed by atoms with Crippen LogP contribution in [0.25, 0.3) is 10.6 Å². The highest BCUT2D eigenvalue weighted by molar-refractivity contribution is 9.11. The number of rotatable bonds is 2. The zero-order valence-corrected chi connectivity index (χ0v) is 10.8. The molecule has 0 amide bonds. The Morgan fingerprint density at radius 2 is 2.07 bits per heavy atom. The molecule has 0 aliphatic heterocycles. The maximum Gasteiger partial charge on any atom is 0.183 e. The first-order chi connectivity index (χ1) is 7.16. The molecule has 0 N–H and O–H groups in total. The SMILES string of the molecule is CN(C)c1cccc(-c2nnc(Br)s2)c1. The molecule has 0 fully saturated rings. The zero-order valence-electron chi connectivity index (χ0n) is 8.44. The Labute approximate surface area is 101 Å². The van der Waals surface area contributed by atoms with Crippen molar-refractivity contribution in [2.45, 2.75) is 0 Å². The summed E-state index contributed by atoms with van der Waals surface area (Å²) in [7, 11) is 4.05. The summed E-state index contributed by atoms with van der Waals surface area (Å²) in [6.45, 7) is 0. The maximum atomic E-state index is 4.09. The molecule has 1 aromatic carbocycles. The molecule has 0 bridgehead atoms. The van der Waals surface area contributed by atoms with Crippen molar-refractivity contribution < 1.29 is 0 Å². The summed E-state index contributed by atoms with van der Waals surface area (Å²) < 4.78 is 0.813.